The van der Waals surface area contributed by atoms with Crippen LogP contribution in [0.2, 0.25) is 5.02 Å². The van der Waals surface area contributed by atoms with Gasteiger partial charge in [-0.15, -0.1) is 0 Å². The second-order valence-corrected chi connectivity index (χ2v) is 4.71. The number of ketones is 1. The molecule has 0 aliphatic rings. The number of rotatable bonds is 2. The number of hydrogen-bond donors (Lipinski definition) is 0. The van der Waals surface area contributed by atoms with Gasteiger partial charge in [0.05, 0.1) is 10.6 Å². The normalized spacial score (nSPS) is 10.4. The van der Waals surface area contributed by atoms with Crippen LogP contribution in [0.4, 0.5) is 4.39 Å². The lowest BCUT2D eigenvalue weighted by Gasteiger charge is -2.06. The minimum Gasteiger partial charge on any atom is -0.288 e. The molecule has 0 heterocycles. The summed E-state index contributed by atoms with van der Waals surface area (Å²) in [7, 11) is 0. The fourth-order valence-electron chi connectivity index (χ4n) is 1.94. The zero-order valence-corrected chi connectivity index (χ0v) is 10.9. The van der Waals surface area contributed by atoms with Crippen LogP contribution in [-0.2, 0) is 0 Å². The van der Waals surface area contributed by atoms with E-state index in [1.54, 1.807) is 18.2 Å². The van der Waals surface area contributed by atoms with Crippen LogP contribution in [0.3, 0.4) is 0 Å². The third-order valence-electron chi connectivity index (χ3n) is 2.68. The first kappa shape index (κ1) is 12.8. The molecule has 0 radical (unpaired) electrons. The summed E-state index contributed by atoms with van der Waals surface area (Å²) in [4.78, 5) is 12.2. The molecule has 0 unspecified atom stereocenters. The molecular formula is C15H12ClFO. The standard InChI is InChI=1S/C15H12ClFO/c1-9-6-10(2)8-11(7-9)15(18)12-4-3-5-13(16)14(12)17/h3-8H,1-2H3. The van der Waals surface area contributed by atoms with Crippen LogP contribution in [0.25, 0.3) is 0 Å². The molecule has 0 saturated carbocycles. The summed E-state index contributed by atoms with van der Waals surface area (Å²) in [6, 6.07) is 9.90. The molecule has 92 valence electrons. The molecule has 0 saturated heterocycles. The van der Waals surface area contributed by atoms with Crippen LogP contribution < -0.4 is 0 Å². The molecule has 1 nitrogen and oxygen atoms in total. The second-order valence-electron chi connectivity index (χ2n) is 4.31. The largest absolute Gasteiger partial charge is 0.288 e. The monoisotopic (exact) mass is 262 g/mol. The Morgan fingerprint density at radius 1 is 1.11 bits per heavy atom. The Hall–Kier alpha value is -1.67. The molecule has 0 spiro atoms. The van der Waals surface area contributed by atoms with Crippen molar-refractivity contribution in [2.45, 2.75) is 13.8 Å². The first-order chi connectivity index (χ1) is 8.49. The molecule has 0 atom stereocenters. The lowest BCUT2D eigenvalue weighted by Crippen LogP contribution is -2.05. The van der Waals surface area contributed by atoms with Crippen LogP contribution in [0.15, 0.2) is 36.4 Å². The van der Waals surface area contributed by atoms with E-state index in [4.69, 9.17) is 11.6 Å². The zero-order chi connectivity index (χ0) is 13.3. The summed E-state index contributed by atoms with van der Waals surface area (Å²) < 4.78 is 13.8. The second kappa shape index (κ2) is 4.91. The van der Waals surface area contributed by atoms with Gasteiger partial charge in [-0.1, -0.05) is 34.9 Å². The van der Waals surface area contributed by atoms with E-state index in [0.29, 0.717) is 5.56 Å². The highest BCUT2D eigenvalue weighted by Gasteiger charge is 2.16. The molecule has 2 rings (SSSR count). The Labute approximate surface area is 110 Å². The van der Waals surface area contributed by atoms with Gasteiger partial charge in [0.25, 0.3) is 0 Å². The van der Waals surface area contributed by atoms with Crippen molar-refractivity contribution < 1.29 is 9.18 Å². The fourth-order valence-corrected chi connectivity index (χ4v) is 2.11. The molecule has 0 aliphatic heterocycles. The third-order valence-corrected chi connectivity index (χ3v) is 2.97. The number of halogens is 2. The highest BCUT2D eigenvalue weighted by molar-refractivity contribution is 6.31. The van der Waals surface area contributed by atoms with Gasteiger partial charge in [-0.3, -0.25) is 4.79 Å². The number of aryl methyl sites for hydroxylation is 2. The lowest BCUT2D eigenvalue weighted by molar-refractivity contribution is 0.103. The summed E-state index contributed by atoms with van der Waals surface area (Å²) in [5.74, 6) is -1.01. The number of hydrogen-bond acceptors (Lipinski definition) is 1. The molecule has 18 heavy (non-hydrogen) atoms. The molecule has 0 fully saturated rings. The van der Waals surface area contributed by atoms with Gasteiger partial charge in [0.2, 0.25) is 0 Å². The maximum Gasteiger partial charge on any atom is 0.196 e. The van der Waals surface area contributed by atoms with Gasteiger partial charge in [-0.05, 0) is 38.1 Å². The fraction of sp³-hybridized carbons (Fsp3) is 0.133. The summed E-state index contributed by atoms with van der Waals surface area (Å²) in [5.41, 5.74) is 2.43. The maximum absolute atomic E-state index is 13.8. The minimum atomic E-state index is -0.664. The van der Waals surface area contributed by atoms with Crippen molar-refractivity contribution in [2.24, 2.45) is 0 Å². The Morgan fingerprint density at radius 2 is 1.72 bits per heavy atom. The van der Waals surface area contributed by atoms with Crippen molar-refractivity contribution in [3.8, 4) is 0 Å². The summed E-state index contributed by atoms with van der Waals surface area (Å²) in [5, 5.41) is -0.0368. The van der Waals surface area contributed by atoms with E-state index in [1.807, 2.05) is 19.9 Å². The molecule has 2 aromatic carbocycles. The van der Waals surface area contributed by atoms with Crippen molar-refractivity contribution in [3.63, 3.8) is 0 Å². The predicted molar refractivity (Wildman–Crippen MR) is 70.8 cm³/mol. The molecule has 0 N–H and O–H groups in total. The Balaban J connectivity index is 2.51. The van der Waals surface area contributed by atoms with Crippen molar-refractivity contribution in [1.82, 2.24) is 0 Å². The van der Waals surface area contributed by atoms with Crippen LogP contribution in [0, 0.1) is 19.7 Å². The minimum absolute atomic E-state index is 0.00694. The van der Waals surface area contributed by atoms with E-state index in [9.17, 15) is 9.18 Å². The van der Waals surface area contributed by atoms with Crippen LogP contribution in [-0.4, -0.2) is 5.78 Å². The van der Waals surface area contributed by atoms with Gasteiger partial charge in [0.15, 0.2) is 11.6 Å². The molecular weight excluding hydrogens is 251 g/mol. The summed E-state index contributed by atoms with van der Waals surface area (Å²) in [6.07, 6.45) is 0. The molecule has 0 amide bonds. The smallest absolute Gasteiger partial charge is 0.196 e. The average molecular weight is 263 g/mol. The SMILES string of the molecule is Cc1cc(C)cc(C(=O)c2cccc(Cl)c2F)c1. The molecule has 3 heteroatoms. The predicted octanol–water partition coefficient (Wildman–Crippen LogP) is 4.33. The van der Waals surface area contributed by atoms with Crippen molar-refractivity contribution in [2.75, 3.05) is 0 Å². The highest BCUT2D eigenvalue weighted by Crippen LogP contribution is 2.21. The van der Waals surface area contributed by atoms with Crippen LogP contribution in [0.1, 0.15) is 27.0 Å². The van der Waals surface area contributed by atoms with E-state index in [1.165, 1.54) is 12.1 Å². The van der Waals surface area contributed by atoms with Gasteiger partial charge < -0.3 is 0 Å². The summed E-state index contributed by atoms with van der Waals surface area (Å²) >= 11 is 5.68. The first-order valence-corrected chi connectivity index (χ1v) is 5.94. The maximum atomic E-state index is 13.8. The van der Waals surface area contributed by atoms with Crippen molar-refractivity contribution >= 4 is 17.4 Å². The van der Waals surface area contributed by atoms with Crippen molar-refractivity contribution in [3.05, 3.63) is 69.5 Å². The quantitative estimate of drug-likeness (QED) is 0.737. The molecule has 0 aliphatic carbocycles. The lowest BCUT2D eigenvalue weighted by atomic mass is 9.99. The molecule has 0 bridgehead atoms. The van der Waals surface area contributed by atoms with Gasteiger partial charge >= 0.3 is 0 Å². The van der Waals surface area contributed by atoms with Gasteiger partial charge in [-0.25, -0.2) is 4.39 Å². The van der Waals surface area contributed by atoms with E-state index in [0.717, 1.165) is 11.1 Å². The number of benzene rings is 2. The third kappa shape index (κ3) is 2.44. The summed E-state index contributed by atoms with van der Waals surface area (Å²) in [6.45, 7) is 3.80. The van der Waals surface area contributed by atoms with Crippen LogP contribution >= 0.6 is 11.6 Å². The Bertz CT molecular complexity index is 600. The van der Waals surface area contributed by atoms with E-state index < -0.39 is 5.82 Å². The zero-order valence-electron chi connectivity index (χ0n) is 10.1. The average Bonchev–Trinajstić information content (AvgIpc) is 2.30. The Kier molecular flexibility index (Phi) is 3.48. The first-order valence-electron chi connectivity index (χ1n) is 5.56. The highest BCUT2D eigenvalue weighted by atomic mass is 35.5. The van der Waals surface area contributed by atoms with E-state index in [2.05, 4.69) is 0 Å². The molecule has 2 aromatic rings. The van der Waals surface area contributed by atoms with Gasteiger partial charge in [0.1, 0.15) is 0 Å². The van der Waals surface area contributed by atoms with Gasteiger partial charge in [-0.2, -0.15) is 0 Å². The van der Waals surface area contributed by atoms with Crippen LogP contribution in [0.5, 0.6) is 0 Å². The van der Waals surface area contributed by atoms with Gasteiger partial charge in [0, 0.05) is 5.56 Å². The number of carbonyl (C=O) groups is 1. The van der Waals surface area contributed by atoms with E-state index in [-0.39, 0.29) is 16.4 Å². The Morgan fingerprint density at radius 3 is 2.33 bits per heavy atom. The topological polar surface area (TPSA) is 17.1 Å². The van der Waals surface area contributed by atoms with Crippen molar-refractivity contribution in [1.29, 1.82) is 0 Å². The molecule has 0 aromatic heterocycles. The van der Waals surface area contributed by atoms with E-state index >= 15 is 0 Å². The number of carbonyl (C=O) groups excluding carboxylic acids is 1.